The highest BCUT2D eigenvalue weighted by Gasteiger charge is 2.16. The summed E-state index contributed by atoms with van der Waals surface area (Å²) in [5.74, 6) is -0.208. The maximum absolute atomic E-state index is 11.4. The smallest absolute Gasteiger partial charge is 0.293 e. The number of nitrogens with one attached hydrogen (secondary N) is 1. The SMILES string of the molecule is CC(=O)c1ccc(NCc2cn3ccc(C)cc3n2)c([N+](=O)[O-])c1. The fraction of sp³-hybridized carbons (Fsp3) is 0.176. The van der Waals surface area contributed by atoms with E-state index < -0.39 is 4.92 Å². The summed E-state index contributed by atoms with van der Waals surface area (Å²) >= 11 is 0. The van der Waals surface area contributed by atoms with Crippen LogP contribution in [0.5, 0.6) is 0 Å². The normalized spacial score (nSPS) is 10.8. The van der Waals surface area contributed by atoms with Crippen LogP contribution in [0.2, 0.25) is 0 Å². The van der Waals surface area contributed by atoms with E-state index in [0.29, 0.717) is 17.8 Å². The van der Waals surface area contributed by atoms with Gasteiger partial charge < -0.3 is 9.72 Å². The molecular formula is C17H16N4O3. The number of hydrogen-bond acceptors (Lipinski definition) is 5. The minimum Gasteiger partial charge on any atom is -0.374 e. The van der Waals surface area contributed by atoms with E-state index in [9.17, 15) is 14.9 Å². The summed E-state index contributed by atoms with van der Waals surface area (Å²) in [6.45, 7) is 3.72. The second-order valence-corrected chi connectivity index (χ2v) is 5.60. The van der Waals surface area contributed by atoms with Gasteiger partial charge in [-0.05, 0) is 43.7 Å². The summed E-state index contributed by atoms with van der Waals surface area (Å²) in [5, 5.41) is 14.2. The second-order valence-electron chi connectivity index (χ2n) is 5.60. The number of aryl methyl sites for hydroxylation is 1. The van der Waals surface area contributed by atoms with Crippen molar-refractivity contribution in [3.05, 3.63) is 69.7 Å². The zero-order chi connectivity index (χ0) is 17.3. The highest BCUT2D eigenvalue weighted by molar-refractivity contribution is 5.95. The Hall–Kier alpha value is -3.22. The van der Waals surface area contributed by atoms with Crippen molar-refractivity contribution in [2.75, 3.05) is 5.32 Å². The molecule has 24 heavy (non-hydrogen) atoms. The number of nitro benzene ring substituents is 1. The average molecular weight is 324 g/mol. The van der Waals surface area contributed by atoms with Gasteiger partial charge in [0, 0.05) is 24.0 Å². The van der Waals surface area contributed by atoms with Gasteiger partial charge in [-0.3, -0.25) is 14.9 Å². The van der Waals surface area contributed by atoms with E-state index in [-0.39, 0.29) is 11.5 Å². The van der Waals surface area contributed by atoms with Crippen molar-refractivity contribution in [2.24, 2.45) is 0 Å². The van der Waals surface area contributed by atoms with Crippen LogP contribution in [0.3, 0.4) is 0 Å². The Balaban J connectivity index is 1.84. The molecule has 1 N–H and O–H groups in total. The highest BCUT2D eigenvalue weighted by Crippen LogP contribution is 2.26. The number of pyridine rings is 1. The number of rotatable bonds is 5. The van der Waals surface area contributed by atoms with Crippen LogP contribution < -0.4 is 5.32 Å². The Kier molecular flexibility index (Phi) is 3.99. The van der Waals surface area contributed by atoms with Crippen molar-refractivity contribution >= 4 is 22.8 Å². The lowest BCUT2D eigenvalue weighted by Crippen LogP contribution is -2.04. The molecule has 0 aliphatic heterocycles. The summed E-state index contributed by atoms with van der Waals surface area (Å²) < 4.78 is 1.90. The molecule has 0 atom stereocenters. The molecule has 0 saturated heterocycles. The number of carbonyl (C=O) groups is 1. The van der Waals surface area contributed by atoms with Gasteiger partial charge in [0.05, 0.1) is 17.2 Å². The minimum absolute atomic E-state index is 0.123. The van der Waals surface area contributed by atoms with E-state index in [4.69, 9.17) is 0 Å². The molecule has 2 aromatic heterocycles. The molecule has 0 amide bonds. The van der Waals surface area contributed by atoms with E-state index in [2.05, 4.69) is 10.3 Å². The largest absolute Gasteiger partial charge is 0.374 e. The van der Waals surface area contributed by atoms with E-state index >= 15 is 0 Å². The predicted molar refractivity (Wildman–Crippen MR) is 90.4 cm³/mol. The molecular weight excluding hydrogens is 308 g/mol. The molecule has 0 spiro atoms. The van der Waals surface area contributed by atoms with Gasteiger partial charge in [0.1, 0.15) is 11.3 Å². The van der Waals surface area contributed by atoms with E-state index in [1.807, 2.05) is 35.9 Å². The summed E-state index contributed by atoms with van der Waals surface area (Å²) in [6.07, 6.45) is 3.79. The summed E-state index contributed by atoms with van der Waals surface area (Å²) in [6, 6.07) is 8.36. The Labute approximate surface area is 138 Å². The molecule has 3 rings (SSSR count). The first-order valence-electron chi connectivity index (χ1n) is 7.41. The first-order chi connectivity index (χ1) is 11.4. The molecule has 7 heteroatoms. The van der Waals surface area contributed by atoms with Gasteiger partial charge in [-0.2, -0.15) is 0 Å². The van der Waals surface area contributed by atoms with E-state index in [0.717, 1.165) is 16.9 Å². The predicted octanol–water partition coefficient (Wildman–Crippen LogP) is 3.37. The third kappa shape index (κ3) is 3.10. The lowest BCUT2D eigenvalue weighted by molar-refractivity contribution is -0.384. The molecule has 122 valence electrons. The van der Waals surface area contributed by atoms with Crippen LogP contribution >= 0.6 is 0 Å². The van der Waals surface area contributed by atoms with Gasteiger partial charge in [-0.25, -0.2) is 4.98 Å². The molecule has 7 nitrogen and oxygen atoms in total. The topological polar surface area (TPSA) is 89.5 Å². The van der Waals surface area contributed by atoms with Crippen molar-refractivity contribution in [3.8, 4) is 0 Å². The van der Waals surface area contributed by atoms with Crippen LogP contribution in [0, 0.1) is 17.0 Å². The monoisotopic (exact) mass is 324 g/mol. The van der Waals surface area contributed by atoms with Crippen LogP contribution in [-0.2, 0) is 6.54 Å². The highest BCUT2D eigenvalue weighted by atomic mass is 16.6. The first kappa shape index (κ1) is 15.7. The number of nitrogens with zero attached hydrogens (tertiary/aromatic N) is 3. The third-order valence-corrected chi connectivity index (χ3v) is 3.73. The maximum Gasteiger partial charge on any atom is 0.293 e. The first-order valence-corrected chi connectivity index (χ1v) is 7.41. The van der Waals surface area contributed by atoms with Crippen LogP contribution in [0.25, 0.3) is 5.65 Å². The van der Waals surface area contributed by atoms with Crippen molar-refractivity contribution in [1.29, 1.82) is 0 Å². The quantitative estimate of drug-likeness (QED) is 0.441. The van der Waals surface area contributed by atoms with Crippen molar-refractivity contribution < 1.29 is 9.72 Å². The Bertz CT molecular complexity index is 946. The van der Waals surface area contributed by atoms with Gasteiger partial charge in [-0.15, -0.1) is 0 Å². The number of fused-ring (bicyclic) bond motifs is 1. The number of carbonyl (C=O) groups excluding carboxylic acids is 1. The lowest BCUT2D eigenvalue weighted by atomic mass is 10.1. The van der Waals surface area contributed by atoms with Gasteiger partial charge in [0.15, 0.2) is 5.78 Å². The molecule has 0 fully saturated rings. The molecule has 0 bridgehead atoms. The zero-order valence-electron chi connectivity index (χ0n) is 13.3. The lowest BCUT2D eigenvalue weighted by Gasteiger charge is -2.06. The zero-order valence-corrected chi connectivity index (χ0v) is 13.3. The number of ketones is 1. The van der Waals surface area contributed by atoms with Gasteiger partial charge >= 0.3 is 0 Å². The number of imidazole rings is 1. The van der Waals surface area contributed by atoms with Crippen molar-refractivity contribution in [2.45, 2.75) is 20.4 Å². The number of nitro groups is 1. The average Bonchev–Trinajstić information content (AvgIpc) is 2.94. The maximum atomic E-state index is 11.4. The van der Waals surface area contributed by atoms with Crippen LogP contribution in [0.15, 0.2) is 42.7 Å². The van der Waals surface area contributed by atoms with E-state index in [1.165, 1.54) is 13.0 Å². The molecule has 0 radical (unpaired) electrons. The van der Waals surface area contributed by atoms with Crippen LogP contribution in [0.4, 0.5) is 11.4 Å². The Morgan fingerprint density at radius 3 is 2.83 bits per heavy atom. The fourth-order valence-electron chi connectivity index (χ4n) is 2.46. The number of aromatic nitrogens is 2. The molecule has 3 aromatic rings. The Morgan fingerprint density at radius 2 is 2.12 bits per heavy atom. The van der Waals surface area contributed by atoms with Crippen LogP contribution in [-0.4, -0.2) is 20.1 Å². The minimum atomic E-state index is -0.498. The number of Topliss-reactive ketones (excluding diaryl/α,β-unsaturated/α-hetero) is 1. The molecule has 0 unspecified atom stereocenters. The number of hydrogen-bond donors (Lipinski definition) is 1. The van der Waals surface area contributed by atoms with Gasteiger partial charge in [-0.1, -0.05) is 0 Å². The molecule has 1 aromatic carbocycles. The van der Waals surface area contributed by atoms with Gasteiger partial charge in [0.2, 0.25) is 0 Å². The van der Waals surface area contributed by atoms with Gasteiger partial charge in [0.25, 0.3) is 5.69 Å². The second kappa shape index (κ2) is 6.11. The van der Waals surface area contributed by atoms with Crippen LogP contribution in [0.1, 0.15) is 28.5 Å². The number of benzene rings is 1. The van der Waals surface area contributed by atoms with Crippen molar-refractivity contribution in [1.82, 2.24) is 9.38 Å². The standard InChI is InChI=1S/C17H16N4O3/c1-11-5-6-20-10-14(19-17(20)7-11)9-18-15-4-3-13(12(2)22)8-16(15)21(23)24/h3-8,10,18H,9H2,1-2H3. The third-order valence-electron chi connectivity index (χ3n) is 3.73. The van der Waals surface area contributed by atoms with Crippen molar-refractivity contribution in [3.63, 3.8) is 0 Å². The Morgan fingerprint density at radius 1 is 1.33 bits per heavy atom. The summed E-state index contributed by atoms with van der Waals surface area (Å²) in [4.78, 5) is 26.6. The fourth-order valence-corrected chi connectivity index (χ4v) is 2.46. The van der Waals surface area contributed by atoms with E-state index in [1.54, 1.807) is 12.1 Å². The summed E-state index contributed by atoms with van der Waals surface area (Å²) in [5.41, 5.74) is 3.26. The molecule has 2 heterocycles. The molecule has 0 aliphatic carbocycles. The summed E-state index contributed by atoms with van der Waals surface area (Å²) in [7, 11) is 0. The number of anilines is 1. The molecule has 0 saturated carbocycles. The molecule has 0 aliphatic rings.